The lowest BCUT2D eigenvalue weighted by molar-refractivity contribution is -0.193. The molecule has 0 saturated carbocycles. The number of nitrogens with zero attached hydrogens (tertiary/aromatic N) is 5. The van der Waals surface area contributed by atoms with Crippen LogP contribution in [0.25, 0.3) is 0 Å². The molecule has 0 unspecified atom stereocenters. The minimum Gasteiger partial charge on any atom is -0.480 e. The molecule has 3 heterocycles. The van der Waals surface area contributed by atoms with E-state index in [1.807, 2.05) is 42.5 Å². The fourth-order valence-corrected chi connectivity index (χ4v) is 6.97. The van der Waals surface area contributed by atoms with E-state index >= 15 is 0 Å². The monoisotopic (exact) mass is 1230 g/mol. The number of piperidine rings is 1. The number of alkyl halides is 15. The summed E-state index contributed by atoms with van der Waals surface area (Å²) < 4.78 is 159. The highest BCUT2D eigenvalue weighted by Gasteiger charge is 2.41. The standard InChI is InChI=1S/C35H51N9O4.5C2HF3O2/c36-35(37)39-15-5-10-29(34(47)48)38-16-20-42-23-21-41(22-24-42)17-6-7-26-13-18-43(19-14-26)25-32(45)44-30-11-3-1-8-27(30)33(46)40-28-9-2-4-12-31(28)44;5*3-2(4,5)1(6)7/h1-4,8-9,11-12,26,29,38H,5-7,10,13-25H2,(H,40,46)(H,47,48)(H4,36,37,39);5*(H,6,7)/t29-;;;;;/m1...../s1. The van der Waals surface area contributed by atoms with Gasteiger partial charge in [-0.1, -0.05) is 24.3 Å². The van der Waals surface area contributed by atoms with E-state index in [4.69, 9.17) is 61.0 Å². The van der Waals surface area contributed by atoms with Crippen LogP contribution < -0.4 is 27.0 Å². The molecular formula is C45H56F15N9O14. The van der Waals surface area contributed by atoms with Crippen molar-refractivity contribution in [3.05, 3.63) is 54.1 Å². The van der Waals surface area contributed by atoms with E-state index in [2.05, 4.69) is 30.3 Å². The van der Waals surface area contributed by atoms with Gasteiger partial charge in [0.25, 0.3) is 5.91 Å². The largest absolute Gasteiger partial charge is 0.490 e. The summed E-state index contributed by atoms with van der Waals surface area (Å²) in [5.41, 5.74) is 13.1. The van der Waals surface area contributed by atoms with Gasteiger partial charge in [0.2, 0.25) is 5.91 Å². The van der Waals surface area contributed by atoms with Gasteiger partial charge in [0, 0.05) is 45.8 Å². The Hall–Kier alpha value is -7.74. The number of hydrogen-bond acceptors (Lipinski definition) is 13. The Bertz CT molecular complexity index is 2320. The number of carbonyl (C=O) groups excluding carboxylic acids is 2. The number of carboxylic acid groups (broad SMARTS) is 6. The molecule has 0 radical (unpaired) electrons. The number of carboxylic acids is 6. The van der Waals surface area contributed by atoms with Crippen LogP contribution in [0.5, 0.6) is 0 Å². The summed E-state index contributed by atoms with van der Waals surface area (Å²) in [6.07, 6.45) is -19.8. The van der Waals surface area contributed by atoms with Gasteiger partial charge in [-0.25, -0.2) is 24.0 Å². The summed E-state index contributed by atoms with van der Waals surface area (Å²) in [5, 5.41) is 51.3. The molecule has 0 bridgehead atoms. The highest BCUT2D eigenvalue weighted by Crippen LogP contribution is 2.38. The number of amides is 2. The predicted octanol–water partition coefficient (Wildman–Crippen LogP) is 5.29. The molecule has 2 amide bonds. The van der Waals surface area contributed by atoms with Crippen LogP contribution in [0.15, 0.2) is 53.5 Å². The molecule has 83 heavy (non-hydrogen) atoms. The molecule has 2 aromatic rings. The van der Waals surface area contributed by atoms with E-state index in [0.29, 0.717) is 61.0 Å². The van der Waals surface area contributed by atoms with Crippen molar-refractivity contribution in [2.45, 2.75) is 75.4 Å². The Balaban J connectivity index is 0.00000154. The molecule has 12 N–H and O–H groups in total. The quantitative estimate of drug-likeness (QED) is 0.0468. The molecule has 3 aliphatic heterocycles. The van der Waals surface area contributed by atoms with Crippen molar-refractivity contribution < 1.29 is 135 Å². The number of aliphatic carboxylic acids is 6. The van der Waals surface area contributed by atoms with E-state index in [1.54, 1.807) is 11.0 Å². The Labute approximate surface area is 459 Å². The van der Waals surface area contributed by atoms with Gasteiger partial charge in [0.1, 0.15) is 6.04 Å². The molecule has 1 atom stereocenters. The molecule has 38 heteroatoms. The fourth-order valence-electron chi connectivity index (χ4n) is 6.97. The molecule has 5 rings (SSSR count). The van der Waals surface area contributed by atoms with Crippen molar-refractivity contribution in [2.75, 3.05) is 82.2 Å². The Morgan fingerprint density at radius 3 is 1.39 bits per heavy atom. The lowest BCUT2D eigenvalue weighted by Gasteiger charge is -2.36. The molecule has 2 fully saturated rings. The SMILES string of the molecule is NC(N)=NCCC[C@@H](NCCN1CCN(CCCC2CCN(CC(=O)N3c4ccccc4NC(=O)c4ccccc43)CC2)CC1)C(=O)O.O=C(O)C(F)(F)F.O=C(O)C(F)(F)F.O=C(O)C(F)(F)F.O=C(O)C(F)(F)F.O=C(O)C(F)(F)F. The van der Waals surface area contributed by atoms with Crippen LogP contribution in [0, 0.1) is 5.92 Å². The van der Waals surface area contributed by atoms with Gasteiger partial charge in [-0.05, 0) is 88.3 Å². The van der Waals surface area contributed by atoms with Crippen LogP contribution in [0.1, 0.15) is 48.9 Å². The minimum atomic E-state index is -5.08. The van der Waals surface area contributed by atoms with Crippen LogP contribution in [-0.4, -0.2) is 208 Å². The van der Waals surface area contributed by atoms with E-state index in [1.165, 1.54) is 12.8 Å². The van der Waals surface area contributed by atoms with Crippen molar-refractivity contribution in [3.8, 4) is 0 Å². The molecule has 470 valence electrons. The van der Waals surface area contributed by atoms with Gasteiger partial charge in [0.15, 0.2) is 5.96 Å². The van der Waals surface area contributed by atoms with Crippen LogP contribution in [0.2, 0.25) is 0 Å². The lowest BCUT2D eigenvalue weighted by atomic mass is 9.92. The van der Waals surface area contributed by atoms with E-state index < -0.39 is 72.7 Å². The second-order valence-corrected chi connectivity index (χ2v) is 17.1. The molecule has 0 aromatic heterocycles. The van der Waals surface area contributed by atoms with Crippen LogP contribution in [0.4, 0.5) is 82.9 Å². The molecule has 0 aliphatic carbocycles. The van der Waals surface area contributed by atoms with Crippen LogP contribution in [0.3, 0.4) is 0 Å². The zero-order valence-electron chi connectivity index (χ0n) is 42.8. The number of aliphatic imine (C=N–C) groups is 1. The third-order valence-electron chi connectivity index (χ3n) is 10.9. The average molecular weight is 1230 g/mol. The van der Waals surface area contributed by atoms with E-state index in [0.717, 1.165) is 65.2 Å². The summed E-state index contributed by atoms with van der Waals surface area (Å²) in [6.45, 7) is 9.17. The van der Waals surface area contributed by atoms with Gasteiger partial charge in [-0.15, -0.1) is 0 Å². The number of rotatable bonds is 15. The summed E-state index contributed by atoms with van der Waals surface area (Å²) >= 11 is 0. The molecule has 23 nitrogen and oxygen atoms in total. The number of para-hydroxylation sites is 3. The van der Waals surface area contributed by atoms with Crippen LogP contribution in [-0.2, 0) is 33.6 Å². The van der Waals surface area contributed by atoms with Crippen molar-refractivity contribution in [1.29, 1.82) is 0 Å². The summed E-state index contributed by atoms with van der Waals surface area (Å²) in [4.78, 5) is 95.6. The smallest absolute Gasteiger partial charge is 0.480 e. The summed E-state index contributed by atoms with van der Waals surface area (Å²) in [6, 6.07) is 14.2. The Kier molecular flexibility index (Phi) is 31.4. The number of halogens is 15. The van der Waals surface area contributed by atoms with Gasteiger partial charge in [-0.2, -0.15) is 65.9 Å². The molecule has 2 saturated heterocycles. The highest BCUT2D eigenvalue weighted by molar-refractivity contribution is 6.18. The first-order valence-electron chi connectivity index (χ1n) is 23.5. The zero-order chi connectivity index (χ0) is 64.3. The summed E-state index contributed by atoms with van der Waals surface area (Å²) in [7, 11) is 0. The first kappa shape index (κ1) is 75.3. The number of carbonyl (C=O) groups is 8. The molecular weight excluding hydrogens is 1180 g/mol. The topological polar surface area (TPSA) is 359 Å². The molecule has 2 aromatic carbocycles. The Morgan fingerprint density at radius 2 is 0.976 bits per heavy atom. The number of likely N-dealkylation sites (tertiary alicyclic amines) is 1. The van der Waals surface area contributed by atoms with Crippen molar-refractivity contribution in [1.82, 2.24) is 20.0 Å². The third kappa shape index (κ3) is 31.3. The maximum absolute atomic E-state index is 13.8. The number of piperazine rings is 1. The average Bonchev–Trinajstić information content (AvgIpc) is 3.85. The summed E-state index contributed by atoms with van der Waals surface area (Å²) in [5.74, 6) is -14.2. The van der Waals surface area contributed by atoms with Gasteiger partial charge >= 0.3 is 66.7 Å². The number of guanidine groups is 1. The fraction of sp³-hybridized carbons (Fsp3) is 0.533. The maximum Gasteiger partial charge on any atom is 0.490 e. The first-order chi connectivity index (χ1) is 38.0. The van der Waals surface area contributed by atoms with Gasteiger partial charge in [-0.3, -0.25) is 34.1 Å². The number of benzene rings is 2. The van der Waals surface area contributed by atoms with E-state index in [-0.39, 0.29) is 17.8 Å². The van der Waals surface area contributed by atoms with Gasteiger partial charge in [0.05, 0.1) is 29.2 Å². The van der Waals surface area contributed by atoms with Crippen LogP contribution >= 0.6 is 0 Å². The number of anilines is 3. The molecule has 3 aliphatic rings. The number of nitrogens with one attached hydrogen (secondary N) is 2. The first-order valence-corrected chi connectivity index (χ1v) is 23.5. The second-order valence-electron chi connectivity index (χ2n) is 17.1. The zero-order valence-corrected chi connectivity index (χ0v) is 42.8. The van der Waals surface area contributed by atoms with Crippen molar-refractivity contribution >= 4 is 70.7 Å². The number of nitrogens with two attached hydrogens (primary N) is 2. The van der Waals surface area contributed by atoms with Gasteiger partial charge < -0.3 is 57.6 Å². The highest BCUT2D eigenvalue weighted by atomic mass is 19.4. The normalized spacial score (nSPS) is 15.4. The number of hydrogen-bond donors (Lipinski definition) is 10. The van der Waals surface area contributed by atoms with Crippen molar-refractivity contribution in [3.63, 3.8) is 0 Å². The molecule has 0 spiro atoms. The second kappa shape index (κ2) is 34.6. The third-order valence-corrected chi connectivity index (χ3v) is 10.9. The van der Waals surface area contributed by atoms with E-state index in [9.17, 15) is 85.3 Å². The minimum absolute atomic E-state index is 0.0269. The predicted molar refractivity (Wildman–Crippen MR) is 257 cm³/mol. The maximum atomic E-state index is 13.8. The number of fused-ring (bicyclic) bond motifs is 2. The lowest BCUT2D eigenvalue weighted by Crippen LogP contribution is -2.49. The Morgan fingerprint density at radius 1 is 0.578 bits per heavy atom. The van der Waals surface area contributed by atoms with Crippen molar-refractivity contribution in [2.24, 2.45) is 22.4 Å².